The van der Waals surface area contributed by atoms with Crippen LogP contribution in [0.15, 0.2) is 18.2 Å². The molecule has 7 heteroatoms. The van der Waals surface area contributed by atoms with Crippen LogP contribution in [-0.2, 0) is 9.53 Å². The number of carboxylic acid groups (broad SMARTS) is 2. The second-order valence-corrected chi connectivity index (χ2v) is 3.61. The van der Waals surface area contributed by atoms with Crippen LogP contribution in [0.3, 0.4) is 0 Å². The number of aldehydes is 1. The second-order valence-electron chi connectivity index (χ2n) is 3.61. The van der Waals surface area contributed by atoms with Crippen molar-refractivity contribution in [1.29, 1.82) is 0 Å². The summed E-state index contributed by atoms with van der Waals surface area (Å²) in [6.07, 6.45) is -1.05. The van der Waals surface area contributed by atoms with Gasteiger partial charge in [-0.1, -0.05) is 0 Å². The Bertz CT molecular complexity index is 547. The Hall–Kier alpha value is -2.70. The van der Waals surface area contributed by atoms with Gasteiger partial charge in [-0.3, -0.25) is 4.79 Å². The van der Waals surface area contributed by atoms with Crippen molar-refractivity contribution < 1.29 is 34.1 Å². The lowest BCUT2D eigenvalue weighted by atomic mass is 10.0. The fraction of sp³-hybridized carbons (Fsp3) is 0.167. The van der Waals surface area contributed by atoms with E-state index >= 15 is 0 Å². The Kier molecular flexibility index (Phi) is 4.36. The van der Waals surface area contributed by atoms with Crippen molar-refractivity contribution in [2.75, 3.05) is 0 Å². The molecule has 0 aliphatic heterocycles. The largest absolute Gasteiger partial charge is 0.479 e. The Morgan fingerprint density at radius 3 is 2.37 bits per heavy atom. The lowest BCUT2D eigenvalue weighted by Gasteiger charge is -2.09. The van der Waals surface area contributed by atoms with E-state index in [0.29, 0.717) is 6.29 Å². The van der Waals surface area contributed by atoms with Crippen molar-refractivity contribution in [3.63, 3.8) is 0 Å². The van der Waals surface area contributed by atoms with Gasteiger partial charge in [0.15, 0.2) is 12.4 Å². The predicted octanol–water partition coefficient (Wildman–Crippen LogP) is 0.827. The molecular weight excluding hydrogens is 256 g/mol. The molecule has 0 aliphatic carbocycles. The molecule has 2 N–H and O–H groups in total. The number of ether oxygens (including phenoxy) is 1. The van der Waals surface area contributed by atoms with Gasteiger partial charge in [0.1, 0.15) is 0 Å². The zero-order chi connectivity index (χ0) is 14.6. The zero-order valence-corrected chi connectivity index (χ0v) is 9.82. The van der Waals surface area contributed by atoms with Crippen LogP contribution in [0.5, 0.6) is 0 Å². The molecule has 0 saturated heterocycles. The highest BCUT2D eigenvalue weighted by Crippen LogP contribution is 2.12. The SMILES string of the molecule is CC(OC(=O)c1ccc(C(=O)O)c(C=O)c1)C(=O)O. The molecule has 0 aromatic heterocycles. The van der Waals surface area contributed by atoms with Crippen molar-refractivity contribution in [1.82, 2.24) is 0 Å². The van der Waals surface area contributed by atoms with Crippen LogP contribution in [0.1, 0.15) is 38.0 Å². The third-order valence-electron chi connectivity index (χ3n) is 2.28. The number of aromatic carboxylic acids is 1. The summed E-state index contributed by atoms with van der Waals surface area (Å²) in [6, 6.07) is 3.26. The molecule has 0 spiro atoms. The van der Waals surface area contributed by atoms with Crippen LogP contribution in [0.2, 0.25) is 0 Å². The summed E-state index contributed by atoms with van der Waals surface area (Å²) in [5.74, 6) is -3.57. The quantitative estimate of drug-likeness (QED) is 0.598. The van der Waals surface area contributed by atoms with Gasteiger partial charge in [-0.05, 0) is 25.1 Å². The first-order chi connectivity index (χ1) is 8.86. The minimum Gasteiger partial charge on any atom is -0.479 e. The van der Waals surface area contributed by atoms with Crippen molar-refractivity contribution >= 4 is 24.2 Å². The van der Waals surface area contributed by atoms with E-state index in [1.54, 1.807) is 0 Å². The highest BCUT2D eigenvalue weighted by Gasteiger charge is 2.19. The maximum atomic E-state index is 11.6. The molecule has 7 nitrogen and oxygen atoms in total. The summed E-state index contributed by atoms with van der Waals surface area (Å²) in [6.45, 7) is 1.17. The van der Waals surface area contributed by atoms with Gasteiger partial charge < -0.3 is 14.9 Å². The number of hydrogen-bond acceptors (Lipinski definition) is 5. The summed E-state index contributed by atoms with van der Waals surface area (Å²) in [4.78, 5) is 43.6. The van der Waals surface area contributed by atoms with Gasteiger partial charge in [0.25, 0.3) is 0 Å². The summed E-state index contributed by atoms with van der Waals surface area (Å²) in [5.41, 5.74) is -0.539. The van der Waals surface area contributed by atoms with Crippen molar-refractivity contribution in [3.05, 3.63) is 34.9 Å². The van der Waals surface area contributed by atoms with E-state index in [-0.39, 0.29) is 16.7 Å². The summed E-state index contributed by atoms with van der Waals surface area (Å²) in [5, 5.41) is 17.4. The van der Waals surface area contributed by atoms with Crippen LogP contribution in [0, 0.1) is 0 Å². The van der Waals surface area contributed by atoms with E-state index in [4.69, 9.17) is 10.2 Å². The molecule has 0 aliphatic rings. The molecule has 0 bridgehead atoms. The molecule has 19 heavy (non-hydrogen) atoms. The van der Waals surface area contributed by atoms with Gasteiger partial charge in [0.2, 0.25) is 0 Å². The molecule has 0 saturated carbocycles. The Morgan fingerprint density at radius 1 is 1.26 bits per heavy atom. The normalized spacial score (nSPS) is 11.4. The number of carboxylic acids is 2. The van der Waals surface area contributed by atoms with Crippen molar-refractivity contribution in [2.24, 2.45) is 0 Å². The first kappa shape index (κ1) is 14.4. The van der Waals surface area contributed by atoms with Crippen LogP contribution >= 0.6 is 0 Å². The average molecular weight is 266 g/mol. The minimum absolute atomic E-state index is 0.0970. The highest BCUT2D eigenvalue weighted by atomic mass is 16.6. The van der Waals surface area contributed by atoms with Crippen LogP contribution in [0.4, 0.5) is 0 Å². The van der Waals surface area contributed by atoms with E-state index in [0.717, 1.165) is 18.2 Å². The van der Waals surface area contributed by atoms with E-state index in [1.807, 2.05) is 0 Å². The molecule has 100 valence electrons. The molecule has 0 amide bonds. The molecule has 1 rings (SSSR count). The molecule has 1 aromatic carbocycles. The van der Waals surface area contributed by atoms with E-state index < -0.39 is 24.0 Å². The number of aliphatic carboxylic acids is 1. The second kappa shape index (κ2) is 5.76. The highest BCUT2D eigenvalue weighted by molar-refractivity contribution is 6.00. The number of rotatable bonds is 5. The van der Waals surface area contributed by atoms with Gasteiger partial charge in [0.05, 0.1) is 11.1 Å². The monoisotopic (exact) mass is 266 g/mol. The van der Waals surface area contributed by atoms with Gasteiger partial charge in [-0.2, -0.15) is 0 Å². The fourth-order valence-corrected chi connectivity index (χ4v) is 1.26. The van der Waals surface area contributed by atoms with Crippen LogP contribution in [0.25, 0.3) is 0 Å². The summed E-state index contributed by atoms with van der Waals surface area (Å²) in [7, 11) is 0. The molecule has 1 unspecified atom stereocenters. The number of esters is 1. The van der Waals surface area contributed by atoms with Crippen LogP contribution in [-0.4, -0.2) is 40.5 Å². The minimum atomic E-state index is -1.34. The standard InChI is InChI=1S/C12H10O7/c1-6(10(14)15)19-12(18)7-2-3-9(11(16)17)8(4-7)5-13/h2-6H,1H3,(H,14,15)(H,16,17). The first-order valence-electron chi connectivity index (χ1n) is 5.13. The third kappa shape index (κ3) is 3.38. The van der Waals surface area contributed by atoms with Gasteiger partial charge in [-0.15, -0.1) is 0 Å². The maximum absolute atomic E-state index is 11.6. The smallest absolute Gasteiger partial charge is 0.344 e. The van der Waals surface area contributed by atoms with Crippen molar-refractivity contribution in [2.45, 2.75) is 13.0 Å². The van der Waals surface area contributed by atoms with Crippen LogP contribution < -0.4 is 0 Å². The fourth-order valence-electron chi connectivity index (χ4n) is 1.26. The molecule has 0 heterocycles. The maximum Gasteiger partial charge on any atom is 0.344 e. The lowest BCUT2D eigenvalue weighted by molar-refractivity contribution is -0.146. The van der Waals surface area contributed by atoms with E-state index in [1.165, 1.54) is 6.92 Å². The zero-order valence-electron chi connectivity index (χ0n) is 9.82. The first-order valence-corrected chi connectivity index (χ1v) is 5.13. The summed E-state index contributed by atoms with van der Waals surface area (Å²) < 4.78 is 4.60. The topological polar surface area (TPSA) is 118 Å². The average Bonchev–Trinajstić information content (AvgIpc) is 2.37. The number of benzene rings is 1. The molecule has 1 atom stereocenters. The molecule has 1 aromatic rings. The van der Waals surface area contributed by atoms with E-state index in [2.05, 4.69) is 4.74 Å². The Balaban J connectivity index is 3.03. The van der Waals surface area contributed by atoms with Gasteiger partial charge in [-0.25, -0.2) is 14.4 Å². The molecular formula is C12H10O7. The van der Waals surface area contributed by atoms with Gasteiger partial charge >= 0.3 is 17.9 Å². The van der Waals surface area contributed by atoms with Crippen molar-refractivity contribution in [3.8, 4) is 0 Å². The number of carbonyl (C=O) groups is 4. The lowest BCUT2D eigenvalue weighted by Crippen LogP contribution is -2.23. The predicted molar refractivity (Wildman–Crippen MR) is 61.3 cm³/mol. The number of carbonyl (C=O) groups excluding carboxylic acids is 2. The Labute approximate surface area is 107 Å². The molecule has 0 fully saturated rings. The van der Waals surface area contributed by atoms with E-state index in [9.17, 15) is 19.2 Å². The molecule has 0 radical (unpaired) electrons. The summed E-state index contributed by atoms with van der Waals surface area (Å²) >= 11 is 0. The van der Waals surface area contributed by atoms with Gasteiger partial charge in [0, 0.05) is 5.56 Å². The third-order valence-corrected chi connectivity index (χ3v) is 2.28. The Morgan fingerprint density at radius 2 is 1.89 bits per heavy atom. The number of hydrogen-bond donors (Lipinski definition) is 2.